The molecule has 0 amide bonds. The van der Waals surface area contributed by atoms with Crippen molar-refractivity contribution in [2.45, 2.75) is 180 Å². The molecule has 0 heterocycles. The highest BCUT2D eigenvalue weighted by Crippen LogP contribution is 2.44. The van der Waals surface area contributed by atoms with Gasteiger partial charge in [0, 0.05) is 12.8 Å². The van der Waals surface area contributed by atoms with Crippen LogP contribution < -0.4 is 0 Å². The molecule has 0 fully saturated rings. The van der Waals surface area contributed by atoms with Crippen molar-refractivity contribution in [3.05, 3.63) is 0 Å². The summed E-state index contributed by atoms with van der Waals surface area (Å²) in [5.41, 5.74) is 0. The number of carbonyl (C=O) groups excluding carboxylic acids is 2. The van der Waals surface area contributed by atoms with Crippen LogP contribution in [0.15, 0.2) is 0 Å². The van der Waals surface area contributed by atoms with Gasteiger partial charge in [-0.3, -0.25) is 14.2 Å². The molecule has 1 unspecified atom stereocenters. The topological polar surface area (TPSA) is 130 Å². The Bertz CT molecular complexity index is 651. The van der Waals surface area contributed by atoms with Crippen LogP contribution in [-0.4, -0.2) is 45.4 Å². The van der Waals surface area contributed by atoms with Gasteiger partial charge in [-0.1, -0.05) is 142 Å². The first-order chi connectivity index (χ1) is 19.3. The van der Waals surface area contributed by atoms with Crippen LogP contribution in [0.25, 0.3) is 0 Å². The van der Waals surface area contributed by atoms with Gasteiger partial charge in [-0.15, -0.1) is 0 Å². The zero-order valence-corrected chi connectivity index (χ0v) is 26.6. The standard InChI is InChI=1S/C31H61O8P/c1-3-5-7-9-11-13-15-17-19-21-23-25-29(33)38-28(27-32)31(40(35,36)37)39-30(34)26-24-22-20-18-16-14-12-10-8-6-4-2/h28,31-32H,3-27H2,1-2H3,(H2,35,36,37)/t28-,31?/m0/s1. The van der Waals surface area contributed by atoms with Crippen LogP contribution in [0.3, 0.4) is 0 Å². The van der Waals surface area contributed by atoms with E-state index in [0.29, 0.717) is 12.8 Å². The van der Waals surface area contributed by atoms with E-state index in [1.807, 2.05) is 0 Å². The second-order valence-corrected chi connectivity index (χ2v) is 12.9. The number of unbranched alkanes of at least 4 members (excludes halogenated alkanes) is 20. The molecule has 2 atom stereocenters. The first kappa shape index (κ1) is 39.0. The quantitative estimate of drug-likeness (QED) is 0.0449. The highest BCUT2D eigenvalue weighted by molar-refractivity contribution is 7.52. The molecular formula is C31H61O8P. The lowest BCUT2D eigenvalue weighted by atomic mass is 10.1. The number of hydrogen-bond donors (Lipinski definition) is 3. The van der Waals surface area contributed by atoms with Crippen LogP contribution >= 0.6 is 7.60 Å². The molecule has 40 heavy (non-hydrogen) atoms. The molecule has 0 aliphatic heterocycles. The molecule has 0 spiro atoms. The SMILES string of the molecule is CCCCCCCCCCCCCC(=O)OC([C@H](CO)OC(=O)CCCCCCCCCCCCC)P(=O)(O)O. The van der Waals surface area contributed by atoms with Gasteiger partial charge < -0.3 is 24.4 Å². The lowest BCUT2D eigenvalue weighted by Gasteiger charge is -2.26. The van der Waals surface area contributed by atoms with Crippen molar-refractivity contribution in [1.29, 1.82) is 0 Å². The minimum Gasteiger partial charge on any atom is -0.455 e. The van der Waals surface area contributed by atoms with E-state index in [-0.39, 0.29) is 12.8 Å². The molecule has 0 aromatic heterocycles. The van der Waals surface area contributed by atoms with Gasteiger partial charge in [-0.25, -0.2) is 0 Å². The lowest BCUT2D eigenvalue weighted by molar-refractivity contribution is -0.166. The summed E-state index contributed by atoms with van der Waals surface area (Å²) in [5, 5.41) is 9.65. The van der Waals surface area contributed by atoms with Crippen molar-refractivity contribution in [2.75, 3.05) is 6.61 Å². The molecule has 0 aliphatic rings. The fraction of sp³-hybridized carbons (Fsp3) is 0.935. The number of esters is 2. The summed E-state index contributed by atoms with van der Waals surface area (Å²) in [6.45, 7) is 3.58. The summed E-state index contributed by atoms with van der Waals surface area (Å²) in [5.74, 6) is -3.42. The lowest BCUT2D eigenvalue weighted by Crippen LogP contribution is -2.37. The highest BCUT2D eigenvalue weighted by atomic mass is 31.2. The zero-order chi connectivity index (χ0) is 29.9. The predicted molar refractivity (Wildman–Crippen MR) is 161 cm³/mol. The largest absolute Gasteiger partial charge is 0.455 e. The Morgan fingerprint density at radius 2 is 0.850 bits per heavy atom. The van der Waals surface area contributed by atoms with Gasteiger partial charge in [-0.2, -0.15) is 0 Å². The number of aliphatic hydroxyl groups excluding tert-OH is 1. The van der Waals surface area contributed by atoms with E-state index in [1.165, 1.54) is 89.9 Å². The second-order valence-electron chi connectivity index (χ2n) is 11.3. The van der Waals surface area contributed by atoms with Gasteiger partial charge in [0.2, 0.25) is 5.85 Å². The number of hydrogen-bond acceptors (Lipinski definition) is 6. The van der Waals surface area contributed by atoms with Crippen LogP contribution in [0.4, 0.5) is 0 Å². The molecular weight excluding hydrogens is 531 g/mol. The molecule has 0 bridgehead atoms. The molecule has 0 saturated carbocycles. The normalized spacial score (nSPS) is 13.2. The van der Waals surface area contributed by atoms with Gasteiger partial charge in [0.15, 0.2) is 6.10 Å². The highest BCUT2D eigenvalue weighted by Gasteiger charge is 2.41. The van der Waals surface area contributed by atoms with E-state index in [0.717, 1.165) is 38.5 Å². The molecule has 0 radical (unpaired) electrons. The van der Waals surface area contributed by atoms with Gasteiger partial charge in [0.1, 0.15) is 0 Å². The maximum Gasteiger partial charge on any atom is 0.369 e. The van der Waals surface area contributed by atoms with Crippen LogP contribution in [0.2, 0.25) is 0 Å². The van der Waals surface area contributed by atoms with E-state index in [4.69, 9.17) is 9.47 Å². The minimum atomic E-state index is -4.96. The fourth-order valence-electron chi connectivity index (χ4n) is 4.84. The van der Waals surface area contributed by atoms with Crippen molar-refractivity contribution in [3.63, 3.8) is 0 Å². The first-order valence-electron chi connectivity index (χ1n) is 16.3. The van der Waals surface area contributed by atoms with Gasteiger partial charge in [-0.05, 0) is 12.8 Å². The van der Waals surface area contributed by atoms with Crippen molar-refractivity contribution >= 4 is 19.5 Å². The van der Waals surface area contributed by atoms with Gasteiger partial charge in [0.25, 0.3) is 0 Å². The fourth-order valence-corrected chi connectivity index (χ4v) is 5.68. The number of ether oxygens (including phenoxy) is 2. The molecule has 8 nitrogen and oxygen atoms in total. The van der Waals surface area contributed by atoms with Crippen LogP contribution in [0, 0.1) is 0 Å². The van der Waals surface area contributed by atoms with Crippen LogP contribution in [-0.2, 0) is 23.6 Å². The number of carbonyl (C=O) groups is 2. The maximum atomic E-state index is 12.3. The Morgan fingerprint density at radius 3 is 1.15 bits per heavy atom. The summed E-state index contributed by atoms with van der Waals surface area (Å²) in [4.78, 5) is 43.9. The molecule has 9 heteroatoms. The minimum absolute atomic E-state index is 0.0261. The summed E-state index contributed by atoms with van der Waals surface area (Å²) >= 11 is 0. The molecule has 0 aromatic carbocycles. The number of aliphatic hydroxyl groups is 1. The third-order valence-electron chi connectivity index (χ3n) is 7.33. The van der Waals surface area contributed by atoms with Crippen molar-refractivity contribution in [3.8, 4) is 0 Å². The Balaban J connectivity index is 4.16. The Morgan fingerprint density at radius 1 is 0.550 bits per heavy atom. The van der Waals surface area contributed by atoms with Crippen molar-refractivity contribution < 1.29 is 38.5 Å². The van der Waals surface area contributed by atoms with E-state index in [2.05, 4.69) is 13.8 Å². The third-order valence-corrected chi connectivity index (χ3v) is 8.43. The molecule has 0 rings (SSSR count). The third kappa shape index (κ3) is 23.7. The van der Waals surface area contributed by atoms with Gasteiger partial charge >= 0.3 is 19.5 Å². The second kappa shape index (κ2) is 26.9. The molecule has 238 valence electrons. The average molecular weight is 593 g/mol. The average Bonchev–Trinajstić information content (AvgIpc) is 2.91. The Labute approximate surface area is 244 Å². The molecule has 0 aromatic rings. The van der Waals surface area contributed by atoms with Crippen molar-refractivity contribution in [2.24, 2.45) is 0 Å². The molecule has 3 N–H and O–H groups in total. The molecule has 0 saturated heterocycles. The van der Waals surface area contributed by atoms with Crippen LogP contribution in [0.1, 0.15) is 168 Å². The molecule has 0 aliphatic carbocycles. The van der Waals surface area contributed by atoms with E-state index in [1.54, 1.807) is 0 Å². The Kier molecular flexibility index (Phi) is 26.3. The van der Waals surface area contributed by atoms with E-state index in [9.17, 15) is 29.0 Å². The number of rotatable bonds is 29. The summed E-state index contributed by atoms with van der Waals surface area (Å²) < 4.78 is 22.1. The van der Waals surface area contributed by atoms with Crippen molar-refractivity contribution in [1.82, 2.24) is 0 Å². The monoisotopic (exact) mass is 592 g/mol. The summed E-state index contributed by atoms with van der Waals surface area (Å²) in [7, 11) is -4.96. The van der Waals surface area contributed by atoms with Crippen LogP contribution in [0.5, 0.6) is 0 Å². The van der Waals surface area contributed by atoms with E-state index >= 15 is 0 Å². The predicted octanol–water partition coefficient (Wildman–Crippen LogP) is 8.34. The first-order valence-corrected chi connectivity index (χ1v) is 18.0. The summed E-state index contributed by atoms with van der Waals surface area (Å²) in [6.07, 6.45) is 23.4. The van der Waals surface area contributed by atoms with Gasteiger partial charge in [0.05, 0.1) is 6.61 Å². The zero-order valence-electron chi connectivity index (χ0n) is 25.7. The Hall–Kier alpha value is -0.950. The van der Waals surface area contributed by atoms with E-state index < -0.39 is 38.1 Å². The summed E-state index contributed by atoms with van der Waals surface area (Å²) in [6, 6.07) is 0. The maximum absolute atomic E-state index is 12.3. The smallest absolute Gasteiger partial charge is 0.369 e.